The lowest BCUT2D eigenvalue weighted by molar-refractivity contribution is -0.124. The fourth-order valence-corrected chi connectivity index (χ4v) is 2.39. The van der Waals surface area contributed by atoms with Gasteiger partial charge in [0.25, 0.3) is 5.91 Å². The summed E-state index contributed by atoms with van der Waals surface area (Å²) in [5, 5.41) is 2.79. The SMILES string of the molecule is CCOc1ccc(C(=O)OCC(=O)N[C@H](C)c2ccccc2)cc1OC. The van der Waals surface area contributed by atoms with Gasteiger partial charge in [0.05, 0.1) is 25.3 Å². The molecule has 26 heavy (non-hydrogen) atoms. The predicted molar refractivity (Wildman–Crippen MR) is 97.4 cm³/mol. The number of hydrogen-bond acceptors (Lipinski definition) is 5. The lowest BCUT2D eigenvalue weighted by atomic mass is 10.1. The van der Waals surface area contributed by atoms with Crippen molar-refractivity contribution in [3.05, 3.63) is 59.7 Å². The molecule has 0 radical (unpaired) electrons. The molecule has 2 aromatic rings. The van der Waals surface area contributed by atoms with Gasteiger partial charge in [-0.2, -0.15) is 0 Å². The molecule has 0 saturated carbocycles. The highest BCUT2D eigenvalue weighted by Gasteiger charge is 2.15. The van der Waals surface area contributed by atoms with Crippen molar-refractivity contribution in [3.63, 3.8) is 0 Å². The van der Waals surface area contributed by atoms with Crippen LogP contribution in [0.4, 0.5) is 0 Å². The van der Waals surface area contributed by atoms with E-state index in [1.54, 1.807) is 12.1 Å². The van der Waals surface area contributed by atoms with E-state index in [1.807, 2.05) is 44.2 Å². The van der Waals surface area contributed by atoms with Crippen LogP contribution in [0, 0.1) is 0 Å². The van der Waals surface area contributed by atoms with Crippen LogP contribution in [-0.4, -0.2) is 32.2 Å². The molecule has 0 aliphatic carbocycles. The molecule has 0 saturated heterocycles. The molecule has 6 heteroatoms. The first-order valence-corrected chi connectivity index (χ1v) is 8.37. The third kappa shape index (κ3) is 5.24. The number of nitrogens with one attached hydrogen (secondary N) is 1. The highest BCUT2D eigenvalue weighted by atomic mass is 16.5. The topological polar surface area (TPSA) is 73.9 Å². The van der Waals surface area contributed by atoms with E-state index in [0.717, 1.165) is 5.56 Å². The minimum Gasteiger partial charge on any atom is -0.493 e. The summed E-state index contributed by atoms with van der Waals surface area (Å²) in [6, 6.07) is 14.1. The van der Waals surface area contributed by atoms with E-state index in [-0.39, 0.29) is 24.1 Å². The lowest BCUT2D eigenvalue weighted by Crippen LogP contribution is -2.31. The van der Waals surface area contributed by atoms with Crippen LogP contribution in [0.15, 0.2) is 48.5 Å². The molecule has 0 unspecified atom stereocenters. The Bertz CT molecular complexity index is 745. The summed E-state index contributed by atoms with van der Waals surface area (Å²) >= 11 is 0. The Hall–Kier alpha value is -3.02. The molecule has 0 aliphatic heterocycles. The maximum Gasteiger partial charge on any atom is 0.338 e. The minimum atomic E-state index is -0.603. The molecule has 0 bridgehead atoms. The van der Waals surface area contributed by atoms with Gasteiger partial charge in [0, 0.05) is 0 Å². The fourth-order valence-electron chi connectivity index (χ4n) is 2.39. The molecule has 0 heterocycles. The van der Waals surface area contributed by atoms with Gasteiger partial charge in [-0.25, -0.2) is 4.79 Å². The molecule has 1 amide bonds. The summed E-state index contributed by atoms with van der Waals surface area (Å²) in [6.45, 7) is 3.86. The van der Waals surface area contributed by atoms with Crippen molar-refractivity contribution in [3.8, 4) is 11.5 Å². The Kier molecular flexibility index (Phi) is 7.02. The Morgan fingerprint density at radius 3 is 2.46 bits per heavy atom. The van der Waals surface area contributed by atoms with E-state index in [4.69, 9.17) is 14.2 Å². The van der Waals surface area contributed by atoms with Gasteiger partial charge >= 0.3 is 5.97 Å². The lowest BCUT2D eigenvalue weighted by Gasteiger charge is -2.14. The zero-order valence-corrected chi connectivity index (χ0v) is 15.2. The van der Waals surface area contributed by atoms with Crippen LogP contribution in [0.25, 0.3) is 0 Å². The van der Waals surface area contributed by atoms with Crippen molar-refractivity contribution in [2.75, 3.05) is 20.3 Å². The van der Waals surface area contributed by atoms with Crippen molar-refractivity contribution in [1.82, 2.24) is 5.32 Å². The molecule has 1 N–H and O–H groups in total. The first-order chi connectivity index (χ1) is 12.5. The number of carbonyl (C=O) groups excluding carboxylic acids is 2. The van der Waals surface area contributed by atoms with Gasteiger partial charge in [0.2, 0.25) is 0 Å². The smallest absolute Gasteiger partial charge is 0.338 e. The number of methoxy groups -OCH3 is 1. The fraction of sp³-hybridized carbons (Fsp3) is 0.300. The second-order valence-electron chi connectivity index (χ2n) is 5.57. The molecule has 2 aromatic carbocycles. The Labute approximate surface area is 153 Å². The Balaban J connectivity index is 1.90. The molecule has 138 valence electrons. The number of hydrogen-bond donors (Lipinski definition) is 1. The molecule has 0 aromatic heterocycles. The van der Waals surface area contributed by atoms with Crippen molar-refractivity contribution < 1.29 is 23.8 Å². The normalized spacial score (nSPS) is 11.3. The van der Waals surface area contributed by atoms with E-state index >= 15 is 0 Å². The first-order valence-electron chi connectivity index (χ1n) is 8.37. The Morgan fingerprint density at radius 1 is 1.08 bits per heavy atom. The van der Waals surface area contributed by atoms with E-state index in [0.29, 0.717) is 18.1 Å². The van der Waals surface area contributed by atoms with E-state index in [9.17, 15) is 9.59 Å². The van der Waals surface area contributed by atoms with E-state index < -0.39 is 5.97 Å². The van der Waals surface area contributed by atoms with Crippen molar-refractivity contribution >= 4 is 11.9 Å². The van der Waals surface area contributed by atoms with E-state index in [1.165, 1.54) is 13.2 Å². The van der Waals surface area contributed by atoms with Gasteiger partial charge in [0.15, 0.2) is 18.1 Å². The summed E-state index contributed by atoms with van der Waals surface area (Å²) in [4.78, 5) is 24.1. The number of benzene rings is 2. The highest BCUT2D eigenvalue weighted by molar-refractivity contribution is 5.92. The van der Waals surface area contributed by atoms with Gasteiger partial charge in [-0.3, -0.25) is 4.79 Å². The van der Waals surface area contributed by atoms with Crippen molar-refractivity contribution in [2.24, 2.45) is 0 Å². The molecule has 0 spiro atoms. The Morgan fingerprint density at radius 2 is 1.81 bits per heavy atom. The first kappa shape index (κ1) is 19.3. The average molecular weight is 357 g/mol. The largest absolute Gasteiger partial charge is 0.493 e. The monoisotopic (exact) mass is 357 g/mol. The standard InChI is InChI=1S/C20H23NO5/c1-4-25-17-11-10-16(12-18(17)24-3)20(23)26-13-19(22)21-14(2)15-8-6-5-7-9-15/h5-12,14H,4,13H2,1-3H3,(H,21,22)/t14-/m1/s1. The molecule has 1 atom stereocenters. The van der Waals surface area contributed by atoms with Crippen LogP contribution in [0.5, 0.6) is 11.5 Å². The molecular formula is C20H23NO5. The molecular weight excluding hydrogens is 334 g/mol. The number of amides is 1. The third-order valence-corrected chi connectivity index (χ3v) is 3.71. The summed E-state index contributed by atoms with van der Waals surface area (Å²) in [6.07, 6.45) is 0. The quantitative estimate of drug-likeness (QED) is 0.735. The second kappa shape index (κ2) is 9.46. The van der Waals surface area contributed by atoms with Crippen LogP contribution >= 0.6 is 0 Å². The van der Waals surface area contributed by atoms with E-state index in [2.05, 4.69) is 5.32 Å². The van der Waals surface area contributed by atoms with Gasteiger partial charge in [0.1, 0.15) is 0 Å². The van der Waals surface area contributed by atoms with Crippen LogP contribution < -0.4 is 14.8 Å². The summed E-state index contributed by atoms with van der Waals surface area (Å²) in [5.41, 5.74) is 1.26. The predicted octanol–water partition coefficient (Wildman–Crippen LogP) is 3.13. The number of ether oxygens (including phenoxy) is 3. The summed E-state index contributed by atoms with van der Waals surface area (Å²) in [5.74, 6) is 0.00546. The molecule has 0 fully saturated rings. The van der Waals surface area contributed by atoms with Crippen LogP contribution in [0.1, 0.15) is 35.8 Å². The van der Waals surface area contributed by atoms with Crippen molar-refractivity contribution in [1.29, 1.82) is 0 Å². The molecule has 6 nitrogen and oxygen atoms in total. The maximum atomic E-state index is 12.1. The molecule has 0 aliphatic rings. The number of carbonyl (C=O) groups is 2. The maximum absolute atomic E-state index is 12.1. The second-order valence-corrected chi connectivity index (χ2v) is 5.57. The number of rotatable bonds is 8. The molecule has 2 rings (SSSR count). The summed E-state index contributed by atoms with van der Waals surface area (Å²) in [7, 11) is 1.49. The zero-order valence-electron chi connectivity index (χ0n) is 15.2. The van der Waals surface area contributed by atoms with Crippen LogP contribution in [-0.2, 0) is 9.53 Å². The number of esters is 1. The summed E-state index contributed by atoms with van der Waals surface area (Å²) < 4.78 is 15.7. The van der Waals surface area contributed by atoms with Crippen molar-refractivity contribution in [2.45, 2.75) is 19.9 Å². The van der Waals surface area contributed by atoms with Gasteiger partial charge in [-0.05, 0) is 37.6 Å². The van der Waals surface area contributed by atoms with Gasteiger partial charge in [-0.15, -0.1) is 0 Å². The average Bonchev–Trinajstić information content (AvgIpc) is 2.67. The van der Waals surface area contributed by atoms with Crippen LogP contribution in [0.2, 0.25) is 0 Å². The zero-order chi connectivity index (χ0) is 18.9. The van der Waals surface area contributed by atoms with Gasteiger partial charge in [-0.1, -0.05) is 30.3 Å². The van der Waals surface area contributed by atoms with Gasteiger partial charge < -0.3 is 19.5 Å². The minimum absolute atomic E-state index is 0.173. The highest BCUT2D eigenvalue weighted by Crippen LogP contribution is 2.28. The third-order valence-electron chi connectivity index (χ3n) is 3.71. The van der Waals surface area contributed by atoms with Crippen LogP contribution in [0.3, 0.4) is 0 Å².